The molecule has 0 saturated heterocycles. The van der Waals surface area contributed by atoms with Gasteiger partial charge in [-0.1, -0.05) is 0 Å². The highest BCUT2D eigenvalue weighted by atomic mass is 32.1. The summed E-state index contributed by atoms with van der Waals surface area (Å²) in [5.74, 6) is 0.0134. The Morgan fingerprint density at radius 1 is 1.30 bits per heavy atom. The average Bonchev–Trinajstić information content (AvgIpc) is 3.13. The van der Waals surface area contributed by atoms with E-state index < -0.39 is 0 Å². The van der Waals surface area contributed by atoms with Crippen LogP contribution in [0.25, 0.3) is 6.08 Å². The molecule has 3 nitrogen and oxygen atoms in total. The van der Waals surface area contributed by atoms with Gasteiger partial charge in [0.15, 0.2) is 0 Å². The maximum atomic E-state index is 12.3. The summed E-state index contributed by atoms with van der Waals surface area (Å²) in [6.45, 7) is 1.76. The van der Waals surface area contributed by atoms with Crippen LogP contribution in [-0.4, -0.2) is 31.1 Å². The molecule has 0 atom stereocenters. The van der Waals surface area contributed by atoms with Gasteiger partial charge < -0.3 is 9.64 Å². The van der Waals surface area contributed by atoms with Gasteiger partial charge in [0.05, 0.1) is 6.61 Å². The molecule has 0 fully saturated rings. The van der Waals surface area contributed by atoms with Crippen molar-refractivity contribution in [1.29, 1.82) is 0 Å². The van der Waals surface area contributed by atoms with Gasteiger partial charge in [0.2, 0.25) is 5.91 Å². The molecule has 0 aliphatic rings. The van der Waals surface area contributed by atoms with Crippen molar-refractivity contribution in [1.82, 2.24) is 4.90 Å². The Morgan fingerprint density at radius 3 is 2.75 bits per heavy atom. The fourth-order valence-electron chi connectivity index (χ4n) is 1.71. The van der Waals surface area contributed by atoms with E-state index in [9.17, 15) is 4.79 Å². The monoisotopic (exact) mass is 307 g/mol. The summed E-state index contributed by atoms with van der Waals surface area (Å²) in [4.78, 5) is 14.1. The second-order valence-corrected chi connectivity index (χ2v) is 5.83. The maximum absolute atomic E-state index is 12.3. The van der Waals surface area contributed by atoms with Gasteiger partial charge in [-0.15, -0.1) is 0 Å². The van der Waals surface area contributed by atoms with Crippen LogP contribution < -0.4 is 0 Å². The van der Waals surface area contributed by atoms with Crippen LogP contribution in [0.4, 0.5) is 0 Å². The zero-order valence-electron chi connectivity index (χ0n) is 11.3. The Bertz CT molecular complexity index is 532. The average molecular weight is 307 g/mol. The number of rotatable bonds is 7. The van der Waals surface area contributed by atoms with E-state index in [2.05, 4.69) is 5.38 Å². The molecule has 0 aromatic carbocycles. The van der Waals surface area contributed by atoms with Gasteiger partial charge in [-0.3, -0.25) is 4.79 Å². The molecule has 2 heterocycles. The molecule has 1 amide bonds. The normalized spacial score (nSPS) is 11.1. The summed E-state index contributed by atoms with van der Waals surface area (Å²) in [5.41, 5.74) is 2.22. The van der Waals surface area contributed by atoms with Gasteiger partial charge in [-0.2, -0.15) is 22.7 Å². The van der Waals surface area contributed by atoms with Crippen molar-refractivity contribution in [3.8, 4) is 0 Å². The van der Waals surface area contributed by atoms with Crippen molar-refractivity contribution in [2.24, 2.45) is 0 Å². The van der Waals surface area contributed by atoms with Crippen LogP contribution in [-0.2, 0) is 16.1 Å². The van der Waals surface area contributed by atoms with Crippen LogP contribution in [0, 0.1) is 0 Å². The molecule has 0 N–H and O–H groups in total. The van der Waals surface area contributed by atoms with E-state index >= 15 is 0 Å². The highest BCUT2D eigenvalue weighted by Crippen LogP contribution is 2.11. The van der Waals surface area contributed by atoms with Crippen LogP contribution in [0.2, 0.25) is 0 Å². The Morgan fingerprint density at radius 2 is 2.10 bits per heavy atom. The third-order valence-corrected chi connectivity index (χ3v) is 4.23. The summed E-state index contributed by atoms with van der Waals surface area (Å²) >= 11 is 3.27. The van der Waals surface area contributed by atoms with Crippen molar-refractivity contribution >= 4 is 34.7 Å². The first-order valence-corrected chi connectivity index (χ1v) is 8.17. The summed E-state index contributed by atoms with van der Waals surface area (Å²) in [7, 11) is 1.65. The van der Waals surface area contributed by atoms with Crippen LogP contribution in [0.5, 0.6) is 0 Å². The van der Waals surface area contributed by atoms with E-state index in [1.165, 1.54) is 0 Å². The van der Waals surface area contributed by atoms with E-state index in [-0.39, 0.29) is 5.91 Å². The molecule has 2 rings (SSSR count). The highest BCUT2D eigenvalue weighted by molar-refractivity contribution is 7.08. The Balaban J connectivity index is 1.99. The fraction of sp³-hybridized carbons (Fsp3) is 0.267. The molecule has 106 valence electrons. The number of hydrogen-bond donors (Lipinski definition) is 0. The largest absolute Gasteiger partial charge is 0.383 e. The quantitative estimate of drug-likeness (QED) is 0.733. The van der Waals surface area contributed by atoms with Crippen molar-refractivity contribution in [3.63, 3.8) is 0 Å². The smallest absolute Gasteiger partial charge is 0.246 e. The number of carbonyl (C=O) groups excluding carboxylic acids is 1. The van der Waals surface area contributed by atoms with E-state index in [1.807, 2.05) is 34.3 Å². The van der Waals surface area contributed by atoms with E-state index in [4.69, 9.17) is 4.74 Å². The summed E-state index contributed by atoms with van der Waals surface area (Å²) in [6.07, 6.45) is 3.48. The van der Waals surface area contributed by atoms with Crippen LogP contribution >= 0.6 is 22.7 Å². The number of nitrogens with zero attached hydrogens (tertiary/aromatic N) is 1. The van der Waals surface area contributed by atoms with Gasteiger partial charge in [0.25, 0.3) is 0 Å². The third-order valence-electron chi connectivity index (χ3n) is 2.79. The number of amides is 1. The lowest BCUT2D eigenvalue weighted by Gasteiger charge is -2.20. The van der Waals surface area contributed by atoms with Crippen LogP contribution in [0.15, 0.2) is 39.7 Å². The van der Waals surface area contributed by atoms with E-state index in [0.717, 1.165) is 11.1 Å². The lowest BCUT2D eigenvalue weighted by Crippen LogP contribution is -2.31. The first-order valence-electron chi connectivity index (χ1n) is 6.29. The minimum atomic E-state index is 0.0134. The van der Waals surface area contributed by atoms with E-state index in [0.29, 0.717) is 19.7 Å². The van der Waals surface area contributed by atoms with Gasteiger partial charge in [0, 0.05) is 26.3 Å². The minimum absolute atomic E-state index is 0.0134. The number of thiophene rings is 2. The molecule has 0 bridgehead atoms. The molecule has 0 saturated carbocycles. The number of ether oxygens (including phenoxy) is 1. The van der Waals surface area contributed by atoms with E-state index in [1.54, 1.807) is 40.8 Å². The Labute approximate surface area is 127 Å². The number of methoxy groups -OCH3 is 1. The molecule has 0 unspecified atom stereocenters. The van der Waals surface area contributed by atoms with Crippen LogP contribution in [0.3, 0.4) is 0 Å². The molecule has 2 aromatic rings. The zero-order chi connectivity index (χ0) is 14.2. The highest BCUT2D eigenvalue weighted by Gasteiger charge is 2.11. The van der Waals surface area contributed by atoms with Crippen molar-refractivity contribution in [2.75, 3.05) is 20.3 Å². The Hall–Kier alpha value is -1.43. The molecule has 2 aromatic heterocycles. The second-order valence-electron chi connectivity index (χ2n) is 4.27. The number of hydrogen-bond acceptors (Lipinski definition) is 4. The summed E-state index contributed by atoms with van der Waals surface area (Å²) < 4.78 is 5.08. The van der Waals surface area contributed by atoms with Crippen molar-refractivity contribution in [2.45, 2.75) is 6.54 Å². The predicted octanol–water partition coefficient (Wildman–Crippen LogP) is 3.50. The maximum Gasteiger partial charge on any atom is 0.246 e. The molecule has 0 aliphatic heterocycles. The predicted molar refractivity (Wildman–Crippen MR) is 85.0 cm³/mol. The lowest BCUT2D eigenvalue weighted by atomic mass is 10.2. The molecule has 0 spiro atoms. The van der Waals surface area contributed by atoms with Crippen molar-refractivity contribution in [3.05, 3.63) is 50.9 Å². The zero-order valence-corrected chi connectivity index (χ0v) is 13.0. The molecule has 5 heteroatoms. The molecule has 0 aliphatic carbocycles. The molecular weight excluding hydrogens is 290 g/mol. The molecular formula is C15H17NO2S2. The fourth-order valence-corrected chi connectivity index (χ4v) is 3.00. The molecule has 0 radical (unpaired) electrons. The van der Waals surface area contributed by atoms with Crippen LogP contribution in [0.1, 0.15) is 11.1 Å². The topological polar surface area (TPSA) is 29.5 Å². The first kappa shape index (κ1) is 15.0. The van der Waals surface area contributed by atoms with Gasteiger partial charge >= 0.3 is 0 Å². The SMILES string of the molecule is COCCN(Cc1ccsc1)C(=O)/C=C/c1ccsc1. The number of carbonyl (C=O) groups is 1. The molecule has 20 heavy (non-hydrogen) atoms. The second kappa shape index (κ2) is 7.99. The van der Waals surface area contributed by atoms with Gasteiger partial charge in [0.1, 0.15) is 0 Å². The summed E-state index contributed by atoms with van der Waals surface area (Å²) in [6, 6.07) is 4.03. The minimum Gasteiger partial charge on any atom is -0.383 e. The third kappa shape index (κ3) is 4.59. The standard InChI is InChI=1S/C15H17NO2S2/c1-18-7-6-16(10-14-5-9-20-12-14)15(17)3-2-13-4-8-19-11-13/h2-5,8-9,11-12H,6-7,10H2,1H3/b3-2+. The Kier molecular flexibility index (Phi) is 5.98. The van der Waals surface area contributed by atoms with Gasteiger partial charge in [-0.25, -0.2) is 0 Å². The van der Waals surface area contributed by atoms with Gasteiger partial charge in [-0.05, 0) is 50.9 Å². The lowest BCUT2D eigenvalue weighted by molar-refractivity contribution is -0.127. The van der Waals surface area contributed by atoms with Crippen molar-refractivity contribution < 1.29 is 9.53 Å². The summed E-state index contributed by atoms with van der Waals surface area (Å²) in [5, 5.41) is 8.10. The first-order chi connectivity index (χ1) is 9.79.